The number of esters is 1. The summed E-state index contributed by atoms with van der Waals surface area (Å²) in [7, 11) is 1.58. The van der Waals surface area contributed by atoms with Crippen molar-refractivity contribution in [2.24, 2.45) is 4.99 Å². The van der Waals surface area contributed by atoms with Crippen LogP contribution in [0.4, 0.5) is 0 Å². The first-order chi connectivity index (χ1) is 18.9. The van der Waals surface area contributed by atoms with Gasteiger partial charge in [0.2, 0.25) is 6.79 Å². The average molecular weight is 543 g/mol. The van der Waals surface area contributed by atoms with E-state index in [0.29, 0.717) is 43.4 Å². The minimum absolute atomic E-state index is 0.170. The van der Waals surface area contributed by atoms with Crippen LogP contribution in [0.3, 0.4) is 0 Å². The van der Waals surface area contributed by atoms with Gasteiger partial charge in [-0.25, -0.2) is 9.79 Å². The predicted molar refractivity (Wildman–Crippen MR) is 148 cm³/mol. The van der Waals surface area contributed by atoms with Gasteiger partial charge in [-0.2, -0.15) is 0 Å². The molecule has 1 atom stereocenters. The molecule has 3 heterocycles. The second kappa shape index (κ2) is 9.74. The molecule has 0 fully saturated rings. The third kappa shape index (κ3) is 4.10. The van der Waals surface area contributed by atoms with Gasteiger partial charge in [0.1, 0.15) is 11.8 Å². The van der Waals surface area contributed by atoms with E-state index in [2.05, 4.69) is 0 Å². The first kappa shape index (κ1) is 24.9. The number of aromatic nitrogens is 1. The molecule has 6 rings (SSSR count). The zero-order valence-electron chi connectivity index (χ0n) is 21.9. The van der Waals surface area contributed by atoms with E-state index in [-0.39, 0.29) is 19.0 Å². The number of carbonyl (C=O) groups excluding carboxylic acids is 1. The number of methoxy groups -OCH3 is 1. The van der Waals surface area contributed by atoms with E-state index < -0.39 is 12.0 Å². The number of benzene rings is 3. The highest BCUT2D eigenvalue weighted by molar-refractivity contribution is 7.07. The molecule has 0 bridgehead atoms. The van der Waals surface area contributed by atoms with E-state index in [1.54, 1.807) is 25.5 Å². The molecule has 4 aromatic rings. The van der Waals surface area contributed by atoms with Crippen LogP contribution in [0.1, 0.15) is 36.6 Å². The molecule has 0 saturated carbocycles. The Kier molecular flexibility index (Phi) is 6.23. The summed E-state index contributed by atoms with van der Waals surface area (Å²) in [6.45, 7) is 5.85. The fraction of sp³-hybridized carbons (Fsp3) is 0.233. The summed E-state index contributed by atoms with van der Waals surface area (Å²) in [5.74, 6) is 1.37. The quantitative estimate of drug-likeness (QED) is 0.355. The number of thiazole rings is 1. The summed E-state index contributed by atoms with van der Waals surface area (Å²) in [6, 6.07) is 14.6. The van der Waals surface area contributed by atoms with Crippen LogP contribution >= 0.6 is 11.3 Å². The Hall–Kier alpha value is -4.37. The van der Waals surface area contributed by atoms with Crippen LogP contribution in [0.25, 0.3) is 16.8 Å². The molecule has 0 saturated heterocycles. The van der Waals surface area contributed by atoms with Crippen molar-refractivity contribution in [1.29, 1.82) is 0 Å². The Morgan fingerprint density at radius 3 is 2.69 bits per heavy atom. The van der Waals surface area contributed by atoms with E-state index in [1.807, 2.05) is 61.5 Å². The van der Waals surface area contributed by atoms with Gasteiger partial charge in [0.25, 0.3) is 5.56 Å². The van der Waals surface area contributed by atoms with E-state index in [1.165, 1.54) is 11.3 Å². The maximum atomic E-state index is 14.1. The van der Waals surface area contributed by atoms with Crippen molar-refractivity contribution >= 4 is 34.2 Å². The normalized spacial score (nSPS) is 16.3. The van der Waals surface area contributed by atoms with Crippen LogP contribution in [0.5, 0.6) is 17.2 Å². The Morgan fingerprint density at radius 1 is 1.15 bits per heavy atom. The molecule has 2 aliphatic heterocycles. The number of carbonyl (C=O) groups is 1. The van der Waals surface area contributed by atoms with Crippen molar-refractivity contribution < 1.29 is 23.7 Å². The first-order valence-electron chi connectivity index (χ1n) is 12.6. The molecule has 0 aliphatic carbocycles. The molecule has 39 heavy (non-hydrogen) atoms. The second-order valence-corrected chi connectivity index (χ2v) is 10.3. The summed E-state index contributed by atoms with van der Waals surface area (Å²) >= 11 is 1.28. The van der Waals surface area contributed by atoms with Crippen molar-refractivity contribution in [3.8, 4) is 17.2 Å². The lowest BCUT2D eigenvalue weighted by Crippen LogP contribution is -2.40. The molecular formula is C30H26N2O6S. The molecule has 2 aliphatic rings. The topological polar surface area (TPSA) is 88.4 Å². The van der Waals surface area contributed by atoms with E-state index in [4.69, 9.17) is 23.9 Å². The predicted octanol–water partition coefficient (Wildman–Crippen LogP) is 4.00. The van der Waals surface area contributed by atoms with Crippen molar-refractivity contribution in [3.05, 3.63) is 96.2 Å². The largest absolute Gasteiger partial charge is 0.496 e. The minimum Gasteiger partial charge on any atom is -0.496 e. The van der Waals surface area contributed by atoms with Crippen molar-refractivity contribution in [1.82, 2.24) is 4.57 Å². The van der Waals surface area contributed by atoms with Crippen LogP contribution in [0, 0.1) is 6.92 Å². The summed E-state index contributed by atoms with van der Waals surface area (Å²) in [4.78, 5) is 32.7. The minimum atomic E-state index is -0.790. The van der Waals surface area contributed by atoms with Crippen LogP contribution in [0.15, 0.2) is 69.6 Å². The molecule has 1 unspecified atom stereocenters. The lowest BCUT2D eigenvalue weighted by Gasteiger charge is -2.27. The Morgan fingerprint density at radius 2 is 1.92 bits per heavy atom. The smallest absolute Gasteiger partial charge is 0.338 e. The van der Waals surface area contributed by atoms with Gasteiger partial charge in [0.05, 0.1) is 29.5 Å². The Bertz CT molecular complexity index is 1870. The number of aryl methyl sites for hydroxylation is 1. The lowest BCUT2D eigenvalue weighted by molar-refractivity contribution is -0.139. The van der Waals surface area contributed by atoms with Crippen molar-refractivity contribution in [2.75, 3.05) is 20.5 Å². The van der Waals surface area contributed by atoms with E-state index >= 15 is 0 Å². The lowest BCUT2D eigenvalue weighted by atomic mass is 9.90. The fourth-order valence-corrected chi connectivity index (χ4v) is 6.19. The van der Waals surface area contributed by atoms with Crippen LogP contribution in [0.2, 0.25) is 0 Å². The molecule has 8 nitrogen and oxygen atoms in total. The number of rotatable bonds is 5. The number of allylic oxidation sites excluding steroid dienone is 1. The fourth-order valence-electron chi connectivity index (χ4n) is 5.16. The van der Waals surface area contributed by atoms with Crippen molar-refractivity contribution in [3.63, 3.8) is 0 Å². The SMILES string of the molecule is CCOC(=O)C1=C(C)N=c2sc(=Cc3cc4c(cc3C)OCO4)c(=O)n2C1c1c(OC)ccc2ccccc12. The monoisotopic (exact) mass is 542 g/mol. The van der Waals surface area contributed by atoms with Crippen molar-refractivity contribution in [2.45, 2.75) is 26.8 Å². The summed E-state index contributed by atoms with van der Waals surface area (Å²) in [5.41, 5.74) is 3.04. The highest BCUT2D eigenvalue weighted by atomic mass is 32.1. The number of hydrogen-bond donors (Lipinski definition) is 0. The third-order valence-electron chi connectivity index (χ3n) is 6.99. The van der Waals surface area contributed by atoms with Gasteiger partial charge in [0.15, 0.2) is 16.3 Å². The first-order valence-corrected chi connectivity index (χ1v) is 13.4. The molecular weight excluding hydrogens is 516 g/mol. The Labute approximate surface area is 228 Å². The zero-order chi connectivity index (χ0) is 27.3. The van der Waals surface area contributed by atoms with Gasteiger partial charge in [-0.05, 0) is 66.9 Å². The number of hydrogen-bond acceptors (Lipinski definition) is 8. The number of fused-ring (bicyclic) bond motifs is 3. The molecule has 1 aromatic heterocycles. The molecule has 0 amide bonds. The van der Waals surface area contributed by atoms with Gasteiger partial charge in [-0.3, -0.25) is 9.36 Å². The van der Waals surface area contributed by atoms with Gasteiger partial charge < -0.3 is 18.9 Å². The number of nitrogens with zero attached hydrogens (tertiary/aromatic N) is 2. The highest BCUT2D eigenvalue weighted by Crippen LogP contribution is 2.40. The third-order valence-corrected chi connectivity index (χ3v) is 7.97. The molecule has 198 valence electrons. The maximum absolute atomic E-state index is 14.1. The van der Waals surface area contributed by atoms with Gasteiger partial charge >= 0.3 is 5.97 Å². The van der Waals surface area contributed by atoms with Gasteiger partial charge in [0, 0.05) is 5.56 Å². The summed E-state index contributed by atoms with van der Waals surface area (Å²) in [6.07, 6.45) is 1.84. The molecule has 3 aromatic carbocycles. The second-order valence-electron chi connectivity index (χ2n) is 9.27. The average Bonchev–Trinajstić information content (AvgIpc) is 3.50. The molecule has 0 spiro atoms. The number of ether oxygens (including phenoxy) is 4. The summed E-state index contributed by atoms with van der Waals surface area (Å²) in [5, 5.41) is 1.84. The molecule has 0 radical (unpaired) electrons. The van der Waals surface area contributed by atoms with Gasteiger partial charge in [-0.15, -0.1) is 0 Å². The van der Waals surface area contributed by atoms with E-state index in [0.717, 1.165) is 21.9 Å². The van der Waals surface area contributed by atoms with Crippen LogP contribution in [-0.2, 0) is 9.53 Å². The molecule has 0 N–H and O–H groups in total. The molecule has 9 heteroatoms. The van der Waals surface area contributed by atoms with Crippen LogP contribution < -0.4 is 29.1 Å². The van der Waals surface area contributed by atoms with Crippen LogP contribution in [-0.4, -0.2) is 31.0 Å². The highest BCUT2D eigenvalue weighted by Gasteiger charge is 2.36. The zero-order valence-corrected chi connectivity index (χ0v) is 22.8. The summed E-state index contributed by atoms with van der Waals surface area (Å²) < 4.78 is 24.4. The standard InChI is InChI=1S/C30H26N2O6S/c1-5-36-29(34)25-17(3)31-30-32(27(25)26-20-9-7-6-8-18(20)10-11-21(26)35-4)28(33)24(39-30)14-19-13-23-22(12-16(19)2)37-15-38-23/h6-14,27H,5,15H2,1-4H3. The van der Waals surface area contributed by atoms with Gasteiger partial charge in [-0.1, -0.05) is 41.7 Å². The Balaban J connectivity index is 1.64. The maximum Gasteiger partial charge on any atom is 0.338 e. The van der Waals surface area contributed by atoms with E-state index in [9.17, 15) is 9.59 Å².